The molecule has 0 radical (unpaired) electrons. The topological polar surface area (TPSA) is 236 Å². The fraction of sp³-hybridized carbons (Fsp3) is 0. The van der Waals surface area contributed by atoms with Gasteiger partial charge in [-0.15, -0.1) is 0 Å². The molecule has 0 heterocycles. The molecular formula is H6MgO12S4. The van der Waals surface area contributed by atoms with E-state index >= 15 is 0 Å². The quantitative estimate of drug-likeness (QED) is 0.199. The molecule has 17 heavy (non-hydrogen) atoms. The third-order valence-corrected chi connectivity index (χ3v) is 0. The molecule has 0 rings (SSSR count). The predicted octanol–water partition coefficient (Wildman–Crippen LogP) is -2.34. The standard InChI is InChI=1S/Mg.4H2O3S/c;4*1-4(2)3/h;4*(H2,1,2,3)/q+2;;;;/p-2. The van der Waals surface area contributed by atoms with Crippen molar-refractivity contribution in [1.82, 2.24) is 0 Å². The summed E-state index contributed by atoms with van der Waals surface area (Å²) in [5, 5.41) is 0. The van der Waals surface area contributed by atoms with E-state index in [-0.39, 0.29) is 23.1 Å². The van der Waals surface area contributed by atoms with Gasteiger partial charge >= 0.3 is 23.1 Å². The average molecular weight is 351 g/mol. The minimum atomic E-state index is -2.86. The molecule has 12 nitrogen and oxygen atoms in total. The average Bonchev–Trinajstić information content (AvgIpc) is 1.76. The Bertz CT molecular complexity index is 159. The van der Waals surface area contributed by atoms with E-state index in [9.17, 15) is 0 Å². The van der Waals surface area contributed by atoms with Crippen LogP contribution in [0.4, 0.5) is 0 Å². The van der Waals surface area contributed by atoms with Crippen molar-refractivity contribution < 1.29 is 53.3 Å². The van der Waals surface area contributed by atoms with Gasteiger partial charge in [0.05, 0.1) is 22.7 Å². The summed E-state index contributed by atoms with van der Waals surface area (Å²) < 4.78 is 93.8. The van der Waals surface area contributed by atoms with Crippen molar-refractivity contribution in [3.05, 3.63) is 0 Å². The summed E-state index contributed by atoms with van der Waals surface area (Å²) in [7, 11) is 0. The van der Waals surface area contributed by atoms with Crippen LogP contribution in [0.5, 0.6) is 0 Å². The largest absolute Gasteiger partial charge is 2.00 e. The van der Waals surface area contributed by atoms with Gasteiger partial charge in [-0.3, -0.25) is 18.2 Å². The van der Waals surface area contributed by atoms with Crippen molar-refractivity contribution in [3.63, 3.8) is 0 Å². The SMILES string of the molecule is O=S(O)O.O=S(O)O.O=S([O-])O.O=S([O-])O.[Mg+2]. The summed E-state index contributed by atoms with van der Waals surface area (Å²) in [6.07, 6.45) is 0. The predicted molar refractivity (Wildman–Crippen MR) is 55.7 cm³/mol. The molecule has 0 fully saturated rings. The van der Waals surface area contributed by atoms with Crippen molar-refractivity contribution >= 4 is 68.5 Å². The Balaban J connectivity index is -0.0000000369. The van der Waals surface area contributed by atoms with Crippen LogP contribution in [0, 0.1) is 0 Å². The number of hydrogen-bond donors (Lipinski definition) is 6. The van der Waals surface area contributed by atoms with Crippen LogP contribution in [-0.2, 0) is 45.4 Å². The van der Waals surface area contributed by atoms with Gasteiger partial charge in [0.25, 0.3) is 22.7 Å². The fourth-order valence-corrected chi connectivity index (χ4v) is 0. The van der Waals surface area contributed by atoms with E-state index in [2.05, 4.69) is 0 Å². The first-order chi connectivity index (χ1) is 6.93. The normalized spacial score (nSPS) is 11.4. The maximum Gasteiger partial charge on any atom is 2.00 e. The van der Waals surface area contributed by atoms with Crippen LogP contribution in [0.1, 0.15) is 0 Å². The Hall–Kier alpha value is 1.05. The van der Waals surface area contributed by atoms with Crippen LogP contribution in [-0.4, -0.2) is 76.3 Å². The molecule has 0 saturated heterocycles. The Morgan fingerprint density at radius 1 is 0.588 bits per heavy atom. The summed E-state index contributed by atoms with van der Waals surface area (Å²) in [4.78, 5) is 0. The van der Waals surface area contributed by atoms with Crippen molar-refractivity contribution in [1.29, 1.82) is 0 Å². The van der Waals surface area contributed by atoms with Crippen LogP contribution in [0.3, 0.4) is 0 Å². The van der Waals surface area contributed by atoms with E-state index in [1.54, 1.807) is 0 Å². The smallest absolute Gasteiger partial charge is 0.750 e. The molecule has 0 aromatic carbocycles. The molecule has 0 aromatic rings. The van der Waals surface area contributed by atoms with Crippen molar-refractivity contribution in [2.45, 2.75) is 0 Å². The van der Waals surface area contributed by atoms with Gasteiger partial charge in [-0.05, 0) is 0 Å². The van der Waals surface area contributed by atoms with Gasteiger partial charge in [-0.2, -0.15) is 8.42 Å². The second-order valence-electron chi connectivity index (χ2n) is 0.896. The Morgan fingerprint density at radius 2 is 0.588 bits per heavy atom. The van der Waals surface area contributed by atoms with Crippen molar-refractivity contribution in [2.75, 3.05) is 0 Å². The molecular weight excluding hydrogens is 345 g/mol. The van der Waals surface area contributed by atoms with E-state index in [4.69, 9.17) is 53.3 Å². The molecule has 0 amide bonds. The van der Waals surface area contributed by atoms with Crippen LogP contribution in [0.25, 0.3) is 0 Å². The van der Waals surface area contributed by atoms with E-state index in [0.29, 0.717) is 0 Å². The minimum absolute atomic E-state index is 0. The summed E-state index contributed by atoms with van der Waals surface area (Å²) >= 11 is -10.9. The number of rotatable bonds is 0. The second-order valence-corrected chi connectivity index (χ2v) is 2.69. The van der Waals surface area contributed by atoms with Gasteiger partial charge in [-0.25, -0.2) is 8.42 Å². The first kappa shape index (κ1) is 30.8. The molecule has 104 valence electrons. The maximum absolute atomic E-state index is 8.67. The van der Waals surface area contributed by atoms with Gasteiger partial charge in [0, 0.05) is 0 Å². The monoisotopic (exact) mass is 350 g/mol. The van der Waals surface area contributed by atoms with E-state index < -0.39 is 45.4 Å². The first-order valence-corrected chi connectivity index (χ1v) is 6.29. The molecule has 6 N–H and O–H groups in total. The van der Waals surface area contributed by atoms with Crippen molar-refractivity contribution in [3.8, 4) is 0 Å². The van der Waals surface area contributed by atoms with Gasteiger partial charge in [-0.1, -0.05) is 0 Å². The second kappa shape index (κ2) is 25.8. The zero-order valence-electron chi connectivity index (χ0n) is 7.47. The molecule has 2 unspecified atom stereocenters. The summed E-state index contributed by atoms with van der Waals surface area (Å²) in [5.74, 6) is 0. The van der Waals surface area contributed by atoms with E-state index in [1.807, 2.05) is 0 Å². The Kier molecular flexibility index (Phi) is 46.7. The van der Waals surface area contributed by atoms with Gasteiger partial charge in [0.1, 0.15) is 0 Å². The molecule has 0 spiro atoms. The molecule has 0 aromatic heterocycles. The van der Waals surface area contributed by atoms with Gasteiger partial charge < -0.3 is 18.2 Å². The molecule has 0 aliphatic carbocycles. The van der Waals surface area contributed by atoms with Gasteiger partial charge in [0.2, 0.25) is 0 Å². The zero-order chi connectivity index (χ0) is 14.3. The molecule has 0 bridgehead atoms. The van der Waals surface area contributed by atoms with Crippen LogP contribution >= 0.6 is 0 Å². The molecule has 0 aliphatic rings. The first-order valence-electron chi connectivity index (χ1n) is 2.10. The van der Waals surface area contributed by atoms with Crippen LogP contribution in [0.2, 0.25) is 0 Å². The fourth-order valence-electron chi connectivity index (χ4n) is 0. The van der Waals surface area contributed by atoms with Crippen LogP contribution < -0.4 is 0 Å². The molecule has 0 aliphatic heterocycles. The number of hydrogen-bond acceptors (Lipinski definition) is 6. The Morgan fingerprint density at radius 3 is 0.588 bits per heavy atom. The minimum Gasteiger partial charge on any atom is -0.750 e. The zero-order valence-corrected chi connectivity index (χ0v) is 12.2. The van der Waals surface area contributed by atoms with E-state index in [1.165, 1.54) is 0 Å². The maximum atomic E-state index is 8.67. The third-order valence-electron chi connectivity index (χ3n) is 0. The molecule has 17 heteroatoms. The van der Waals surface area contributed by atoms with Crippen LogP contribution in [0.15, 0.2) is 0 Å². The summed E-state index contributed by atoms with van der Waals surface area (Å²) in [6.45, 7) is 0. The van der Waals surface area contributed by atoms with E-state index in [0.717, 1.165) is 0 Å². The molecule has 0 saturated carbocycles. The Labute approximate surface area is 121 Å². The van der Waals surface area contributed by atoms with Crippen molar-refractivity contribution in [2.24, 2.45) is 0 Å². The third kappa shape index (κ3) is 3530. The summed E-state index contributed by atoms with van der Waals surface area (Å²) in [6, 6.07) is 0. The molecule has 2 atom stereocenters. The van der Waals surface area contributed by atoms with Gasteiger partial charge in [0.15, 0.2) is 0 Å². The summed E-state index contributed by atoms with van der Waals surface area (Å²) in [5.41, 5.74) is 0.